The Kier molecular flexibility index (Phi) is 6.34. The molecule has 1 aliphatic carbocycles. The summed E-state index contributed by atoms with van der Waals surface area (Å²) in [6.07, 6.45) is 6.28. The second kappa shape index (κ2) is 8.26. The fraction of sp³-hybridized carbons (Fsp3) is 0.471. The average molecular weight is 350 g/mol. The van der Waals surface area contributed by atoms with Crippen LogP contribution in [0.25, 0.3) is 5.69 Å². The lowest BCUT2D eigenvalue weighted by Gasteiger charge is -2.21. The molecule has 1 aromatic carbocycles. The van der Waals surface area contributed by atoms with Crippen LogP contribution in [0, 0.1) is 11.8 Å². The summed E-state index contributed by atoms with van der Waals surface area (Å²) in [4.78, 5) is 16.4. The van der Waals surface area contributed by atoms with Crippen LogP contribution >= 0.6 is 12.4 Å². The Hall–Kier alpha value is -1.92. The normalized spacial score (nSPS) is 21.1. The number of hydrogen-bond acceptors (Lipinski definition) is 4. The van der Waals surface area contributed by atoms with E-state index in [-0.39, 0.29) is 30.3 Å². The number of carbonyl (C=O) groups is 1. The predicted molar refractivity (Wildman–Crippen MR) is 95.1 cm³/mol. The van der Waals surface area contributed by atoms with Gasteiger partial charge in [0.15, 0.2) is 0 Å². The van der Waals surface area contributed by atoms with E-state index in [2.05, 4.69) is 15.4 Å². The molecule has 1 fully saturated rings. The molecule has 1 heterocycles. The molecule has 7 heteroatoms. The minimum Gasteiger partial charge on any atom is -0.349 e. The summed E-state index contributed by atoms with van der Waals surface area (Å²) in [7, 11) is 0. The highest BCUT2D eigenvalue weighted by Crippen LogP contribution is 2.31. The van der Waals surface area contributed by atoms with Gasteiger partial charge in [-0.1, -0.05) is 18.6 Å². The number of benzene rings is 1. The number of halogens is 1. The van der Waals surface area contributed by atoms with Crippen molar-refractivity contribution >= 4 is 18.3 Å². The van der Waals surface area contributed by atoms with Gasteiger partial charge in [0.25, 0.3) is 0 Å². The maximum Gasteiger partial charge on any atom is 0.223 e. The van der Waals surface area contributed by atoms with E-state index in [9.17, 15) is 4.79 Å². The van der Waals surface area contributed by atoms with Crippen LogP contribution in [0.4, 0.5) is 0 Å². The third-order valence-corrected chi connectivity index (χ3v) is 4.73. The van der Waals surface area contributed by atoms with Gasteiger partial charge in [-0.2, -0.15) is 5.10 Å². The zero-order valence-corrected chi connectivity index (χ0v) is 14.6. The Morgan fingerprint density at radius 3 is 2.75 bits per heavy atom. The second-order valence-corrected chi connectivity index (χ2v) is 6.20. The Balaban J connectivity index is 0.00000208. The molecule has 3 atom stereocenters. The minimum atomic E-state index is -0.0219. The van der Waals surface area contributed by atoms with Crippen LogP contribution in [0.15, 0.2) is 36.9 Å². The maximum atomic E-state index is 12.5. The van der Waals surface area contributed by atoms with Crippen molar-refractivity contribution in [2.24, 2.45) is 17.6 Å². The van der Waals surface area contributed by atoms with Crippen molar-refractivity contribution in [3.8, 4) is 5.69 Å². The molecule has 0 bridgehead atoms. The molecule has 1 aromatic heterocycles. The lowest BCUT2D eigenvalue weighted by Crippen LogP contribution is -2.36. The maximum absolute atomic E-state index is 12.5. The monoisotopic (exact) mass is 349 g/mol. The topological polar surface area (TPSA) is 85.8 Å². The van der Waals surface area contributed by atoms with Crippen molar-refractivity contribution in [3.63, 3.8) is 0 Å². The van der Waals surface area contributed by atoms with Gasteiger partial charge in [-0.3, -0.25) is 4.79 Å². The number of hydrogen-bond donors (Lipinski definition) is 2. The second-order valence-electron chi connectivity index (χ2n) is 6.20. The fourth-order valence-electron chi connectivity index (χ4n) is 3.33. The summed E-state index contributed by atoms with van der Waals surface area (Å²) >= 11 is 0. The summed E-state index contributed by atoms with van der Waals surface area (Å²) in [5.74, 6) is 0.527. The van der Waals surface area contributed by atoms with E-state index in [0.717, 1.165) is 30.5 Å². The Morgan fingerprint density at radius 2 is 2.12 bits per heavy atom. The summed E-state index contributed by atoms with van der Waals surface area (Å²) in [6.45, 7) is 2.61. The molecule has 1 unspecified atom stereocenters. The highest BCUT2D eigenvalue weighted by molar-refractivity contribution is 5.85. The van der Waals surface area contributed by atoms with Gasteiger partial charge >= 0.3 is 0 Å². The molecule has 3 rings (SSSR count). The molecule has 2 aromatic rings. The molecule has 6 nitrogen and oxygen atoms in total. The van der Waals surface area contributed by atoms with Crippen molar-refractivity contribution in [2.45, 2.75) is 32.2 Å². The van der Waals surface area contributed by atoms with Gasteiger partial charge in [0.1, 0.15) is 12.7 Å². The Labute approximate surface area is 148 Å². The summed E-state index contributed by atoms with van der Waals surface area (Å²) in [6, 6.07) is 7.95. The number of nitrogens with one attached hydrogen (secondary N) is 1. The quantitative estimate of drug-likeness (QED) is 0.866. The fourth-order valence-corrected chi connectivity index (χ4v) is 3.33. The molecule has 0 saturated heterocycles. The van der Waals surface area contributed by atoms with Crippen LogP contribution in [0.3, 0.4) is 0 Å². The number of nitrogens with zero attached hydrogens (tertiary/aromatic N) is 3. The first-order valence-corrected chi connectivity index (χ1v) is 8.14. The lowest BCUT2D eigenvalue weighted by molar-refractivity contribution is -0.126. The van der Waals surface area contributed by atoms with Gasteiger partial charge in [0, 0.05) is 5.92 Å². The number of nitrogens with two attached hydrogens (primary N) is 1. The van der Waals surface area contributed by atoms with Crippen LogP contribution < -0.4 is 11.1 Å². The van der Waals surface area contributed by atoms with Crippen LogP contribution in [0.1, 0.15) is 37.8 Å². The van der Waals surface area contributed by atoms with Crippen LogP contribution in [0.2, 0.25) is 0 Å². The molecular weight excluding hydrogens is 326 g/mol. The van der Waals surface area contributed by atoms with E-state index >= 15 is 0 Å². The van der Waals surface area contributed by atoms with Crippen molar-refractivity contribution in [1.29, 1.82) is 0 Å². The average Bonchev–Trinajstić information content (AvgIpc) is 3.26. The van der Waals surface area contributed by atoms with Gasteiger partial charge in [-0.15, -0.1) is 12.4 Å². The minimum absolute atomic E-state index is 0. The Morgan fingerprint density at radius 1 is 1.38 bits per heavy atom. The molecule has 1 amide bonds. The van der Waals surface area contributed by atoms with E-state index < -0.39 is 0 Å². The van der Waals surface area contributed by atoms with Gasteiger partial charge in [-0.25, -0.2) is 9.67 Å². The molecule has 0 spiro atoms. The Bertz CT molecular complexity index is 644. The summed E-state index contributed by atoms with van der Waals surface area (Å²) < 4.78 is 1.71. The van der Waals surface area contributed by atoms with Crippen LogP contribution in [-0.4, -0.2) is 27.2 Å². The summed E-state index contributed by atoms with van der Waals surface area (Å²) in [5, 5.41) is 7.23. The highest BCUT2D eigenvalue weighted by Gasteiger charge is 2.32. The highest BCUT2D eigenvalue weighted by atomic mass is 35.5. The lowest BCUT2D eigenvalue weighted by atomic mass is 9.94. The number of carbonyl (C=O) groups excluding carboxylic acids is 1. The number of amides is 1. The predicted octanol–water partition coefficient (Wildman–Crippen LogP) is 2.24. The first kappa shape index (κ1) is 18.4. The van der Waals surface area contributed by atoms with Crippen molar-refractivity contribution in [3.05, 3.63) is 42.5 Å². The zero-order chi connectivity index (χ0) is 16.2. The standard InChI is InChI=1S/C17H23N5O.ClH/c1-12(21-17(23)16-4-2-3-14(16)9-18)13-5-7-15(8-6-13)22-11-19-10-20-22;/h5-8,10-12,14,16H,2-4,9,18H2,1H3,(H,21,23);1H/t12?,14-,16-;/m1./s1. The van der Waals surface area contributed by atoms with Crippen molar-refractivity contribution < 1.29 is 4.79 Å². The van der Waals surface area contributed by atoms with Gasteiger partial charge in [-0.05, 0) is 49.9 Å². The van der Waals surface area contributed by atoms with E-state index in [0.29, 0.717) is 12.5 Å². The molecule has 24 heavy (non-hydrogen) atoms. The van der Waals surface area contributed by atoms with Crippen molar-refractivity contribution in [1.82, 2.24) is 20.1 Å². The van der Waals surface area contributed by atoms with Crippen LogP contribution in [0.5, 0.6) is 0 Å². The van der Waals surface area contributed by atoms with E-state index in [1.54, 1.807) is 11.0 Å². The van der Waals surface area contributed by atoms with E-state index in [4.69, 9.17) is 5.73 Å². The third-order valence-electron chi connectivity index (χ3n) is 4.73. The molecular formula is C17H24ClN5O. The molecule has 0 aliphatic heterocycles. The molecule has 130 valence electrons. The van der Waals surface area contributed by atoms with Gasteiger partial charge < -0.3 is 11.1 Å². The van der Waals surface area contributed by atoms with Gasteiger partial charge in [0.2, 0.25) is 5.91 Å². The van der Waals surface area contributed by atoms with Crippen molar-refractivity contribution in [2.75, 3.05) is 6.54 Å². The first-order chi connectivity index (χ1) is 11.2. The van der Waals surface area contributed by atoms with E-state index in [1.165, 1.54) is 6.33 Å². The van der Waals surface area contributed by atoms with Crippen LogP contribution in [-0.2, 0) is 4.79 Å². The largest absolute Gasteiger partial charge is 0.349 e. The summed E-state index contributed by atoms with van der Waals surface area (Å²) in [5.41, 5.74) is 7.80. The first-order valence-electron chi connectivity index (χ1n) is 8.14. The number of aromatic nitrogens is 3. The van der Waals surface area contributed by atoms with Gasteiger partial charge in [0.05, 0.1) is 11.7 Å². The SMILES string of the molecule is CC(NC(=O)[C@@H]1CCC[C@@H]1CN)c1ccc(-n2cncn2)cc1.Cl. The third kappa shape index (κ3) is 3.94. The molecule has 1 aliphatic rings. The molecule has 1 saturated carbocycles. The zero-order valence-electron chi connectivity index (χ0n) is 13.8. The van der Waals surface area contributed by atoms with E-state index in [1.807, 2.05) is 31.2 Å². The molecule has 3 N–H and O–H groups in total. The smallest absolute Gasteiger partial charge is 0.223 e. The number of rotatable bonds is 5. The molecule has 0 radical (unpaired) electrons.